The summed E-state index contributed by atoms with van der Waals surface area (Å²) in [6.07, 6.45) is 0.996. The fourth-order valence-electron chi connectivity index (χ4n) is 4.87. The molecule has 0 aliphatic rings. The third kappa shape index (κ3) is 12.1. The Hall–Kier alpha value is -4.56. The van der Waals surface area contributed by atoms with E-state index >= 15 is 0 Å². The fraction of sp³-hybridized carbons (Fsp3) is 0.543. The molecule has 0 fully saturated rings. The molecule has 14 nitrogen and oxygen atoms in total. The predicted octanol–water partition coefficient (Wildman–Crippen LogP) is 2.57. The Labute approximate surface area is 290 Å². The van der Waals surface area contributed by atoms with Gasteiger partial charge >= 0.3 is 12.1 Å². The second-order valence-corrected chi connectivity index (χ2v) is 13.1. The largest absolute Gasteiger partial charge is 0.493 e. The highest BCUT2D eigenvalue weighted by molar-refractivity contribution is 5.90. The number of methoxy groups -OCH3 is 2. The summed E-state index contributed by atoms with van der Waals surface area (Å²) < 4.78 is 10.9. The molecule has 0 unspecified atom stereocenters. The zero-order chi connectivity index (χ0) is 36.9. The first-order chi connectivity index (χ1) is 23.0. The first-order valence-corrected chi connectivity index (χ1v) is 16.3. The molecule has 6 amide bonds. The van der Waals surface area contributed by atoms with Gasteiger partial charge in [-0.3, -0.25) is 15.0 Å². The molecule has 5 N–H and O–H groups in total. The summed E-state index contributed by atoms with van der Waals surface area (Å²) in [4.78, 5) is 55.3. The van der Waals surface area contributed by atoms with Crippen LogP contribution in [0.25, 0.3) is 0 Å². The van der Waals surface area contributed by atoms with Crippen molar-refractivity contribution in [1.82, 2.24) is 36.2 Å². The van der Waals surface area contributed by atoms with Crippen molar-refractivity contribution in [2.45, 2.75) is 64.9 Å². The molecule has 272 valence electrons. The SMILES string of the molecule is COc1ccc(CN(C[C@H](CCc2ccccc2)NC(=O)[C@@](O)(NC(=O)N(C)C)C(C)C)NC(=O)[C@@H](NC(=O)N(C)C)C(C)C)cc1OC. The minimum absolute atomic E-state index is 0.0981. The zero-order valence-electron chi connectivity index (χ0n) is 30.5. The lowest BCUT2D eigenvalue weighted by molar-refractivity contribution is -0.148. The molecular weight excluding hydrogens is 630 g/mol. The molecule has 0 heterocycles. The van der Waals surface area contributed by atoms with Crippen LogP contribution in [0.3, 0.4) is 0 Å². The highest BCUT2D eigenvalue weighted by Crippen LogP contribution is 2.28. The maximum Gasteiger partial charge on any atom is 0.319 e. The molecule has 49 heavy (non-hydrogen) atoms. The molecule has 0 bridgehead atoms. The summed E-state index contributed by atoms with van der Waals surface area (Å²) in [5.74, 6) is -1.13. The molecule has 0 aromatic heterocycles. The fourth-order valence-corrected chi connectivity index (χ4v) is 4.87. The molecule has 2 rings (SSSR count). The van der Waals surface area contributed by atoms with Crippen molar-refractivity contribution >= 4 is 23.9 Å². The molecule has 0 spiro atoms. The number of carbonyl (C=O) groups is 4. The number of hydrazine groups is 1. The molecule has 0 aliphatic carbocycles. The molecule has 2 aromatic rings. The molecular formula is C35H55N7O7. The second kappa shape index (κ2) is 18.8. The van der Waals surface area contributed by atoms with Crippen LogP contribution in [-0.2, 0) is 22.6 Å². The van der Waals surface area contributed by atoms with E-state index in [9.17, 15) is 24.3 Å². The lowest BCUT2D eigenvalue weighted by Crippen LogP contribution is -2.65. The van der Waals surface area contributed by atoms with Gasteiger partial charge in [0.1, 0.15) is 6.04 Å². The molecule has 0 saturated carbocycles. The van der Waals surface area contributed by atoms with Crippen molar-refractivity contribution in [1.29, 1.82) is 0 Å². The van der Waals surface area contributed by atoms with Crippen LogP contribution in [0, 0.1) is 11.8 Å². The molecule has 14 heteroatoms. The molecule has 3 atom stereocenters. The maximum atomic E-state index is 13.8. The molecule has 0 aliphatic heterocycles. The summed E-state index contributed by atoms with van der Waals surface area (Å²) in [6.45, 7) is 7.20. The third-order valence-electron chi connectivity index (χ3n) is 8.01. The van der Waals surface area contributed by atoms with Gasteiger partial charge in [-0.2, -0.15) is 0 Å². The van der Waals surface area contributed by atoms with E-state index in [-0.39, 0.29) is 19.0 Å². The summed E-state index contributed by atoms with van der Waals surface area (Å²) in [5, 5.41) is 21.3. The minimum atomic E-state index is -2.22. The van der Waals surface area contributed by atoms with Gasteiger partial charge < -0.3 is 40.3 Å². The van der Waals surface area contributed by atoms with Crippen LogP contribution in [0.2, 0.25) is 0 Å². The standard InChI is InChI=1S/C35H55N7O7/c1-23(2)30(37-33(45)40(5)6)31(43)39-42(21-26-17-19-28(48-9)29(20-26)49-10)22-27(18-16-25-14-12-11-13-15-25)36-32(44)35(47,24(3)4)38-34(46)41(7)8/h11-15,17,19-20,23-24,27,30,47H,16,18,21-22H2,1-10H3,(H,36,44)(H,37,45)(H,38,46)(H,39,43)/t27-,30-,35+/m0/s1. The van der Waals surface area contributed by atoms with Crippen molar-refractivity contribution in [3.8, 4) is 11.5 Å². The topological polar surface area (TPSA) is 165 Å². The van der Waals surface area contributed by atoms with Crippen LogP contribution in [0.1, 0.15) is 45.2 Å². The number of hydrogen-bond donors (Lipinski definition) is 5. The van der Waals surface area contributed by atoms with Gasteiger partial charge in [0.2, 0.25) is 5.72 Å². The number of nitrogens with zero attached hydrogens (tertiary/aromatic N) is 3. The summed E-state index contributed by atoms with van der Waals surface area (Å²) in [5.41, 5.74) is 2.54. The normalized spacial score (nSPS) is 13.6. The van der Waals surface area contributed by atoms with Crippen molar-refractivity contribution in [3.05, 3.63) is 59.7 Å². The van der Waals surface area contributed by atoms with Crippen LogP contribution in [0.15, 0.2) is 48.5 Å². The lowest BCUT2D eigenvalue weighted by atomic mass is 9.97. The van der Waals surface area contributed by atoms with Gasteiger partial charge in [-0.15, -0.1) is 0 Å². The van der Waals surface area contributed by atoms with E-state index in [0.29, 0.717) is 24.3 Å². The second-order valence-electron chi connectivity index (χ2n) is 13.1. The first kappa shape index (κ1) is 40.6. The number of carbonyl (C=O) groups excluding carboxylic acids is 4. The summed E-state index contributed by atoms with van der Waals surface area (Å²) >= 11 is 0. The number of urea groups is 2. The number of benzene rings is 2. The Balaban J connectivity index is 2.52. The summed E-state index contributed by atoms with van der Waals surface area (Å²) in [7, 11) is 9.27. The Morgan fingerprint density at radius 2 is 1.43 bits per heavy atom. The molecule has 2 aromatic carbocycles. The Kier molecular flexibility index (Phi) is 15.6. The maximum absolute atomic E-state index is 13.8. The van der Waals surface area contributed by atoms with Gasteiger partial charge in [-0.25, -0.2) is 14.6 Å². The van der Waals surface area contributed by atoms with E-state index in [1.807, 2.05) is 50.2 Å². The number of amides is 6. The van der Waals surface area contributed by atoms with E-state index in [0.717, 1.165) is 11.1 Å². The van der Waals surface area contributed by atoms with Crippen molar-refractivity contribution in [3.63, 3.8) is 0 Å². The Morgan fingerprint density at radius 3 is 1.96 bits per heavy atom. The van der Waals surface area contributed by atoms with Gasteiger partial charge in [-0.1, -0.05) is 64.1 Å². The Bertz CT molecular complexity index is 1390. The first-order valence-electron chi connectivity index (χ1n) is 16.3. The number of aliphatic hydroxyl groups is 1. The van der Waals surface area contributed by atoms with Gasteiger partial charge in [0.05, 0.1) is 14.2 Å². The average molecular weight is 686 g/mol. The van der Waals surface area contributed by atoms with Crippen LogP contribution < -0.4 is 30.8 Å². The molecule has 0 radical (unpaired) electrons. The number of ether oxygens (including phenoxy) is 2. The van der Waals surface area contributed by atoms with E-state index in [1.165, 1.54) is 38.1 Å². The van der Waals surface area contributed by atoms with Crippen LogP contribution >= 0.6 is 0 Å². The smallest absolute Gasteiger partial charge is 0.319 e. The number of hydrogen-bond acceptors (Lipinski definition) is 8. The zero-order valence-corrected chi connectivity index (χ0v) is 30.5. The van der Waals surface area contributed by atoms with Crippen LogP contribution in [0.5, 0.6) is 11.5 Å². The van der Waals surface area contributed by atoms with Gasteiger partial charge in [0, 0.05) is 53.2 Å². The van der Waals surface area contributed by atoms with Crippen molar-refractivity contribution < 1.29 is 33.8 Å². The van der Waals surface area contributed by atoms with E-state index in [4.69, 9.17) is 9.47 Å². The monoisotopic (exact) mass is 685 g/mol. The predicted molar refractivity (Wildman–Crippen MR) is 188 cm³/mol. The average Bonchev–Trinajstić information content (AvgIpc) is 3.05. The number of nitrogens with one attached hydrogen (secondary N) is 4. The van der Waals surface area contributed by atoms with E-state index in [1.54, 1.807) is 45.1 Å². The highest BCUT2D eigenvalue weighted by Gasteiger charge is 2.42. The molecule has 0 saturated heterocycles. The van der Waals surface area contributed by atoms with Crippen LogP contribution in [0.4, 0.5) is 9.59 Å². The Morgan fingerprint density at radius 1 is 0.816 bits per heavy atom. The minimum Gasteiger partial charge on any atom is -0.493 e. The number of aryl methyl sites for hydroxylation is 1. The van der Waals surface area contributed by atoms with Crippen molar-refractivity contribution in [2.24, 2.45) is 11.8 Å². The summed E-state index contributed by atoms with van der Waals surface area (Å²) in [6, 6.07) is 12.6. The lowest BCUT2D eigenvalue weighted by Gasteiger charge is -2.36. The third-order valence-corrected chi connectivity index (χ3v) is 8.01. The number of rotatable bonds is 17. The van der Waals surface area contributed by atoms with Gasteiger partial charge in [-0.05, 0) is 42.0 Å². The highest BCUT2D eigenvalue weighted by atomic mass is 16.5. The van der Waals surface area contributed by atoms with E-state index in [2.05, 4.69) is 21.4 Å². The van der Waals surface area contributed by atoms with E-state index < -0.39 is 47.6 Å². The van der Waals surface area contributed by atoms with Gasteiger partial charge in [0.15, 0.2) is 11.5 Å². The quantitative estimate of drug-likeness (QED) is 0.125. The van der Waals surface area contributed by atoms with Crippen molar-refractivity contribution in [2.75, 3.05) is 49.0 Å². The van der Waals surface area contributed by atoms with Gasteiger partial charge in [0.25, 0.3) is 11.8 Å². The van der Waals surface area contributed by atoms with Crippen LogP contribution in [-0.4, -0.2) is 111 Å².